The lowest BCUT2D eigenvalue weighted by Gasteiger charge is -2.24. The topological polar surface area (TPSA) is 0 Å². The summed E-state index contributed by atoms with van der Waals surface area (Å²) >= 11 is 0. The van der Waals surface area contributed by atoms with E-state index < -0.39 is 5.67 Å². The molecule has 1 aliphatic rings. The SMILES string of the molecule is CC(C)C1(F)C#CCCCCC1. The lowest BCUT2D eigenvalue weighted by Crippen LogP contribution is -2.28. The average molecular weight is 168 g/mol. The second kappa shape index (κ2) is 3.94. The van der Waals surface area contributed by atoms with Crippen molar-refractivity contribution >= 4 is 0 Å². The second-order valence-electron chi connectivity index (χ2n) is 3.88. The fourth-order valence-electron chi connectivity index (χ4n) is 1.48. The average Bonchev–Trinajstić information content (AvgIpc) is 1.97. The number of alkyl halides is 1. The summed E-state index contributed by atoms with van der Waals surface area (Å²) in [5, 5.41) is 0. The Kier molecular flexibility index (Phi) is 3.14. The van der Waals surface area contributed by atoms with Gasteiger partial charge in [0.05, 0.1) is 0 Å². The number of hydrogen-bond acceptors (Lipinski definition) is 0. The lowest BCUT2D eigenvalue weighted by atomic mass is 9.86. The van der Waals surface area contributed by atoms with Gasteiger partial charge in [-0.25, -0.2) is 4.39 Å². The summed E-state index contributed by atoms with van der Waals surface area (Å²) in [5.41, 5.74) is -1.21. The zero-order chi connectivity index (χ0) is 9.03. The van der Waals surface area contributed by atoms with Gasteiger partial charge >= 0.3 is 0 Å². The van der Waals surface area contributed by atoms with E-state index >= 15 is 0 Å². The van der Waals surface area contributed by atoms with Crippen LogP contribution in [-0.2, 0) is 0 Å². The molecule has 0 aromatic rings. The smallest absolute Gasteiger partial charge is 0.173 e. The molecule has 1 aliphatic carbocycles. The standard InChI is InChI=1S/C11H17F/c1-10(2)11(12)8-6-4-3-5-7-9-11/h10H,3-6,8H2,1-2H3. The van der Waals surface area contributed by atoms with E-state index in [0.29, 0.717) is 6.42 Å². The molecule has 0 radical (unpaired) electrons. The van der Waals surface area contributed by atoms with Gasteiger partial charge in [-0.1, -0.05) is 32.1 Å². The van der Waals surface area contributed by atoms with Crippen LogP contribution in [0.5, 0.6) is 0 Å². The monoisotopic (exact) mass is 168 g/mol. The number of hydrogen-bond donors (Lipinski definition) is 0. The minimum atomic E-state index is -1.21. The van der Waals surface area contributed by atoms with Crippen molar-refractivity contribution in [3.05, 3.63) is 0 Å². The van der Waals surface area contributed by atoms with Gasteiger partial charge in [-0.05, 0) is 25.2 Å². The van der Waals surface area contributed by atoms with E-state index in [0.717, 1.165) is 25.7 Å². The minimum absolute atomic E-state index is 0.0306. The van der Waals surface area contributed by atoms with Crippen LogP contribution >= 0.6 is 0 Å². The van der Waals surface area contributed by atoms with Gasteiger partial charge in [0.2, 0.25) is 0 Å². The minimum Gasteiger partial charge on any atom is -0.229 e. The van der Waals surface area contributed by atoms with Crippen LogP contribution in [0.15, 0.2) is 0 Å². The van der Waals surface area contributed by atoms with Crippen molar-refractivity contribution in [3.63, 3.8) is 0 Å². The molecular formula is C11H17F. The highest BCUT2D eigenvalue weighted by atomic mass is 19.1. The predicted octanol–water partition coefficient (Wildman–Crippen LogP) is 3.32. The summed E-state index contributed by atoms with van der Waals surface area (Å²) in [7, 11) is 0. The maximum absolute atomic E-state index is 14.0. The van der Waals surface area contributed by atoms with Crippen molar-refractivity contribution in [1.82, 2.24) is 0 Å². The van der Waals surface area contributed by atoms with Crippen LogP contribution in [0, 0.1) is 17.8 Å². The maximum Gasteiger partial charge on any atom is 0.173 e. The molecule has 0 fully saturated rings. The lowest BCUT2D eigenvalue weighted by molar-refractivity contribution is 0.152. The first-order valence-electron chi connectivity index (χ1n) is 4.84. The molecule has 1 heteroatoms. The van der Waals surface area contributed by atoms with Crippen molar-refractivity contribution < 1.29 is 4.39 Å². The Hall–Kier alpha value is -0.510. The van der Waals surface area contributed by atoms with E-state index in [1.807, 2.05) is 13.8 Å². The Morgan fingerprint density at radius 2 is 2.00 bits per heavy atom. The van der Waals surface area contributed by atoms with Crippen molar-refractivity contribution in [2.24, 2.45) is 5.92 Å². The zero-order valence-corrected chi connectivity index (χ0v) is 7.99. The van der Waals surface area contributed by atoms with Gasteiger partial charge in [0.1, 0.15) is 0 Å². The highest BCUT2D eigenvalue weighted by Crippen LogP contribution is 2.29. The van der Waals surface area contributed by atoms with E-state index in [1.54, 1.807) is 0 Å². The van der Waals surface area contributed by atoms with Gasteiger partial charge < -0.3 is 0 Å². The molecule has 0 aromatic heterocycles. The molecule has 0 aromatic carbocycles. The summed E-state index contributed by atoms with van der Waals surface area (Å²) in [6.07, 6.45) is 4.76. The fourth-order valence-corrected chi connectivity index (χ4v) is 1.48. The first kappa shape index (κ1) is 9.58. The highest BCUT2D eigenvalue weighted by molar-refractivity contribution is 5.16. The summed E-state index contributed by atoms with van der Waals surface area (Å²) in [5.74, 6) is 5.75. The second-order valence-corrected chi connectivity index (χ2v) is 3.88. The molecule has 0 spiro atoms. The third kappa shape index (κ3) is 2.24. The normalized spacial score (nSPS) is 30.3. The predicted molar refractivity (Wildman–Crippen MR) is 49.5 cm³/mol. The molecule has 0 aliphatic heterocycles. The van der Waals surface area contributed by atoms with Crippen LogP contribution in [0.3, 0.4) is 0 Å². The largest absolute Gasteiger partial charge is 0.229 e. The van der Waals surface area contributed by atoms with E-state index in [4.69, 9.17) is 0 Å². The Balaban J connectivity index is 2.70. The summed E-state index contributed by atoms with van der Waals surface area (Å²) in [6.45, 7) is 3.83. The molecule has 12 heavy (non-hydrogen) atoms. The zero-order valence-electron chi connectivity index (χ0n) is 7.99. The molecule has 0 heterocycles. The van der Waals surface area contributed by atoms with Gasteiger partial charge in [0, 0.05) is 6.42 Å². The van der Waals surface area contributed by atoms with Crippen LogP contribution in [0.25, 0.3) is 0 Å². The molecular weight excluding hydrogens is 151 g/mol. The molecule has 1 atom stereocenters. The fraction of sp³-hybridized carbons (Fsp3) is 0.818. The molecule has 0 saturated carbocycles. The molecule has 1 rings (SSSR count). The van der Waals surface area contributed by atoms with Gasteiger partial charge in [-0.3, -0.25) is 0 Å². The summed E-state index contributed by atoms with van der Waals surface area (Å²) < 4.78 is 14.0. The van der Waals surface area contributed by atoms with Crippen LogP contribution in [0.1, 0.15) is 46.0 Å². The van der Waals surface area contributed by atoms with E-state index in [2.05, 4.69) is 11.8 Å². The van der Waals surface area contributed by atoms with Crippen molar-refractivity contribution in [1.29, 1.82) is 0 Å². The number of halogens is 1. The van der Waals surface area contributed by atoms with E-state index in [9.17, 15) is 4.39 Å². The summed E-state index contributed by atoms with van der Waals surface area (Å²) in [4.78, 5) is 0. The van der Waals surface area contributed by atoms with Crippen molar-refractivity contribution in [3.8, 4) is 11.8 Å². The van der Waals surface area contributed by atoms with E-state index in [1.165, 1.54) is 0 Å². The summed E-state index contributed by atoms with van der Waals surface area (Å²) in [6, 6.07) is 0. The van der Waals surface area contributed by atoms with Crippen molar-refractivity contribution in [2.75, 3.05) is 0 Å². The molecule has 68 valence electrons. The molecule has 0 amide bonds. The van der Waals surface area contributed by atoms with Gasteiger partial charge in [-0.15, -0.1) is 0 Å². The van der Waals surface area contributed by atoms with Gasteiger partial charge in [-0.2, -0.15) is 0 Å². The first-order chi connectivity index (χ1) is 5.65. The van der Waals surface area contributed by atoms with Crippen LogP contribution in [-0.4, -0.2) is 5.67 Å². The Morgan fingerprint density at radius 3 is 2.67 bits per heavy atom. The molecule has 0 nitrogen and oxygen atoms in total. The van der Waals surface area contributed by atoms with Crippen molar-refractivity contribution in [2.45, 2.75) is 51.6 Å². The third-order valence-electron chi connectivity index (χ3n) is 2.55. The molecule has 0 N–H and O–H groups in total. The quantitative estimate of drug-likeness (QED) is 0.527. The van der Waals surface area contributed by atoms with E-state index in [-0.39, 0.29) is 5.92 Å². The molecule has 1 unspecified atom stereocenters. The third-order valence-corrected chi connectivity index (χ3v) is 2.55. The Labute approximate surface area is 74.5 Å². The van der Waals surface area contributed by atoms with Gasteiger partial charge in [0.15, 0.2) is 5.67 Å². The van der Waals surface area contributed by atoms with Crippen LogP contribution in [0.2, 0.25) is 0 Å². The number of rotatable bonds is 1. The van der Waals surface area contributed by atoms with Gasteiger partial charge in [0.25, 0.3) is 0 Å². The highest BCUT2D eigenvalue weighted by Gasteiger charge is 2.30. The molecule has 0 bridgehead atoms. The Morgan fingerprint density at radius 1 is 1.25 bits per heavy atom. The maximum atomic E-state index is 14.0. The Bertz CT molecular complexity index is 197. The first-order valence-corrected chi connectivity index (χ1v) is 4.84. The van der Waals surface area contributed by atoms with Crippen LogP contribution < -0.4 is 0 Å². The molecule has 0 saturated heterocycles. The van der Waals surface area contributed by atoms with Crippen LogP contribution in [0.4, 0.5) is 4.39 Å².